The maximum Gasteiger partial charge on any atom is 1.00 e. The molecular formula is C8H7Cl2NaO4S. The summed E-state index contributed by atoms with van der Waals surface area (Å²) in [5.74, 6) is 0.163. The first-order valence-corrected chi connectivity index (χ1v) is 6.21. The molecule has 4 nitrogen and oxygen atoms in total. The zero-order valence-electron chi connectivity index (χ0n) is 8.44. The molecule has 0 aliphatic heterocycles. The molecule has 0 amide bonds. The van der Waals surface area contributed by atoms with Gasteiger partial charge < -0.3 is 9.29 Å². The molecule has 0 atom stereocenters. The maximum atomic E-state index is 10.8. The number of rotatable bonds is 4. The Labute approximate surface area is 126 Å². The first-order chi connectivity index (χ1) is 6.95. The molecule has 0 bridgehead atoms. The van der Waals surface area contributed by atoms with Crippen molar-refractivity contribution in [3.8, 4) is 5.75 Å². The van der Waals surface area contributed by atoms with E-state index in [-0.39, 0.29) is 52.8 Å². The molecule has 1 rings (SSSR count). The van der Waals surface area contributed by atoms with Gasteiger partial charge in [-0.05, 0) is 18.2 Å². The standard InChI is InChI=1S/C8H8Cl2O4S.Na/c9-3-4-14-7-2-1-6(10)5-8(7)15(11,12)13;/h1-2,5H,3-4H2,(H,11,12,13);/q;+1/p-1. The first kappa shape index (κ1) is 16.5. The fourth-order valence-corrected chi connectivity index (χ4v) is 1.90. The van der Waals surface area contributed by atoms with E-state index in [0.29, 0.717) is 0 Å². The molecule has 0 saturated carbocycles. The predicted molar refractivity (Wildman–Crippen MR) is 55.6 cm³/mol. The number of benzene rings is 1. The molecule has 1 aromatic carbocycles. The molecule has 0 spiro atoms. The van der Waals surface area contributed by atoms with Gasteiger partial charge >= 0.3 is 29.6 Å². The van der Waals surface area contributed by atoms with Crippen LogP contribution >= 0.6 is 23.2 Å². The molecule has 84 valence electrons. The predicted octanol–water partition coefficient (Wildman–Crippen LogP) is -1.13. The van der Waals surface area contributed by atoms with Crippen molar-refractivity contribution < 1.29 is 47.3 Å². The zero-order chi connectivity index (χ0) is 11.5. The molecule has 0 radical (unpaired) electrons. The Morgan fingerprint density at radius 2 is 2.00 bits per heavy atom. The van der Waals surface area contributed by atoms with Crippen LogP contribution in [0.1, 0.15) is 0 Å². The van der Waals surface area contributed by atoms with Crippen molar-refractivity contribution in [2.24, 2.45) is 0 Å². The summed E-state index contributed by atoms with van der Waals surface area (Å²) < 4.78 is 37.5. The van der Waals surface area contributed by atoms with E-state index < -0.39 is 15.0 Å². The largest absolute Gasteiger partial charge is 1.00 e. The third-order valence-electron chi connectivity index (χ3n) is 1.51. The third kappa shape index (κ3) is 4.79. The van der Waals surface area contributed by atoms with Gasteiger partial charge in [-0.2, -0.15) is 0 Å². The van der Waals surface area contributed by atoms with Crippen LogP contribution in [0.3, 0.4) is 0 Å². The van der Waals surface area contributed by atoms with Gasteiger partial charge in [0.25, 0.3) is 0 Å². The summed E-state index contributed by atoms with van der Waals surface area (Å²) in [5.41, 5.74) is 0. The van der Waals surface area contributed by atoms with Crippen LogP contribution in [0.4, 0.5) is 0 Å². The van der Waals surface area contributed by atoms with Crippen LogP contribution in [0.15, 0.2) is 23.1 Å². The molecule has 16 heavy (non-hydrogen) atoms. The smallest absolute Gasteiger partial charge is 0.744 e. The molecule has 0 unspecified atom stereocenters. The molecule has 0 heterocycles. The number of halogens is 2. The summed E-state index contributed by atoms with van der Waals surface area (Å²) in [5, 5.41) is 0.155. The molecule has 0 fully saturated rings. The second-order valence-corrected chi connectivity index (χ2v) is 4.75. The van der Waals surface area contributed by atoms with Crippen LogP contribution in [0.5, 0.6) is 5.75 Å². The molecule has 1 aromatic rings. The van der Waals surface area contributed by atoms with E-state index in [1.54, 1.807) is 0 Å². The third-order valence-corrected chi connectivity index (χ3v) is 2.76. The topological polar surface area (TPSA) is 66.4 Å². The van der Waals surface area contributed by atoms with Crippen molar-refractivity contribution in [3.05, 3.63) is 23.2 Å². The Balaban J connectivity index is 0.00000225. The van der Waals surface area contributed by atoms with Crippen molar-refractivity contribution in [2.45, 2.75) is 4.90 Å². The number of ether oxygens (including phenoxy) is 1. The summed E-state index contributed by atoms with van der Waals surface area (Å²) in [7, 11) is -4.59. The average Bonchev–Trinajstić information content (AvgIpc) is 2.14. The van der Waals surface area contributed by atoms with Crippen molar-refractivity contribution in [1.82, 2.24) is 0 Å². The van der Waals surface area contributed by atoms with Crippen LogP contribution in [0.25, 0.3) is 0 Å². The van der Waals surface area contributed by atoms with Crippen molar-refractivity contribution >= 4 is 33.3 Å². The fourth-order valence-electron chi connectivity index (χ4n) is 0.945. The molecule has 0 aliphatic rings. The Morgan fingerprint density at radius 1 is 1.38 bits per heavy atom. The molecule has 8 heteroatoms. The van der Waals surface area contributed by atoms with Crippen LogP contribution < -0.4 is 34.3 Å². The van der Waals surface area contributed by atoms with Crippen LogP contribution in [-0.4, -0.2) is 25.5 Å². The van der Waals surface area contributed by atoms with Crippen molar-refractivity contribution in [3.63, 3.8) is 0 Å². The fraction of sp³-hybridized carbons (Fsp3) is 0.250. The Morgan fingerprint density at radius 3 is 2.50 bits per heavy atom. The normalized spacial score (nSPS) is 10.7. The summed E-state index contributed by atoms with van der Waals surface area (Å²) >= 11 is 10.9. The van der Waals surface area contributed by atoms with E-state index in [9.17, 15) is 13.0 Å². The van der Waals surface area contributed by atoms with E-state index in [2.05, 4.69) is 0 Å². The number of hydrogen-bond acceptors (Lipinski definition) is 4. The zero-order valence-corrected chi connectivity index (χ0v) is 12.8. The quantitative estimate of drug-likeness (QED) is 0.400. The van der Waals surface area contributed by atoms with Gasteiger partial charge in [0, 0.05) is 5.02 Å². The van der Waals surface area contributed by atoms with E-state index in [4.69, 9.17) is 27.9 Å². The minimum absolute atomic E-state index is 0. The van der Waals surface area contributed by atoms with Gasteiger partial charge in [0.2, 0.25) is 0 Å². The molecule has 0 saturated heterocycles. The molecule has 0 N–H and O–H groups in total. The van der Waals surface area contributed by atoms with Gasteiger partial charge in [0.05, 0.1) is 10.8 Å². The van der Waals surface area contributed by atoms with E-state index in [1.165, 1.54) is 12.1 Å². The van der Waals surface area contributed by atoms with Gasteiger partial charge in [0.1, 0.15) is 22.5 Å². The summed E-state index contributed by atoms with van der Waals surface area (Å²) in [6.45, 7) is 0.117. The minimum atomic E-state index is -4.59. The minimum Gasteiger partial charge on any atom is -0.744 e. The monoisotopic (exact) mass is 292 g/mol. The number of alkyl halides is 1. The van der Waals surface area contributed by atoms with E-state index >= 15 is 0 Å². The molecule has 0 aliphatic carbocycles. The molecule has 0 aromatic heterocycles. The Kier molecular flexibility index (Phi) is 7.28. The van der Waals surface area contributed by atoms with Crippen LogP contribution in [0, 0.1) is 0 Å². The van der Waals surface area contributed by atoms with Gasteiger partial charge in [-0.25, -0.2) is 8.42 Å². The van der Waals surface area contributed by atoms with Crippen LogP contribution in [-0.2, 0) is 10.1 Å². The SMILES string of the molecule is O=S(=O)([O-])c1cc(Cl)ccc1OCCCl.[Na+]. The van der Waals surface area contributed by atoms with Gasteiger partial charge in [-0.3, -0.25) is 0 Å². The van der Waals surface area contributed by atoms with E-state index in [0.717, 1.165) is 6.07 Å². The average molecular weight is 293 g/mol. The molecular weight excluding hydrogens is 286 g/mol. The van der Waals surface area contributed by atoms with Crippen molar-refractivity contribution in [2.75, 3.05) is 12.5 Å². The second-order valence-electron chi connectivity index (χ2n) is 2.58. The van der Waals surface area contributed by atoms with Gasteiger partial charge in [-0.1, -0.05) is 11.6 Å². The summed E-state index contributed by atoms with van der Waals surface area (Å²) in [6, 6.07) is 3.80. The summed E-state index contributed by atoms with van der Waals surface area (Å²) in [4.78, 5) is -0.472. The van der Waals surface area contributed by atoms with E-state index in [1.807, 2.05) is 0 Å². The second kappa shape index (κ2) is 7.06. The first-order valence-electron chi connectivity index (χ1n) is 3.89. The maximum absolute atomic E-state index is 10.8. The van der Waals surface area contributed by atoms with Crippen LogP contribution in [0.2, 0.25) is 5.02 Å². The number of hydrogen-bond donors (Lipinski definition) is 0. The Hall–Kier alpha value is 0.510. The van der Waals surface area contributed by atoms with Gasteiger partial charge in [-0.15, -0.1) is 11.6 Å². The van der Waals surface area contributed by atoms with Gasteiger partial charge in [0.15, 0.2) is 0 Å². The van der Waals surface area contributed by atoms with Crippen molar-refractivity contribution in [1.29, 1.82) is 0 Å². The summed E-state index contributed by atoms with van der Waals surface area (Å²) in [6.07, 6.45) is 0. The Bertz CT molecular complexity index is 449.